The lowest BCUT2D eigenvalue weighted by Gasteiger charge is -2.34. The topological polar surface area (TPSA) is 61.4 Å². The van der Waals surface area contributed by atoms with E-state index in [1.165, 1.54) is 12.8 Å². The Labute approximate surface area is 159 Å². The molecule has 2 heterocycles. The molecular weight excluding hydrogens is 377 g/mol. The molecule has 2 amide bonds. The standard InChI is InChI=1S/C17H21ClN3O2PS/c18-12-3-1-2-11(8-12)17(23)19-7-6-16(22)21(24-25)15-9-13-4-5-14(10-15)20-13/h1-3,8,13-15,20H,4-7,9-10H2,(H,19,23)/t13-,14+,15-. The van der Waals surface area contributed by atoms with E-state index in [1.54, 1.807) is 28.9 Å². The van der Waals surface area contributed by atoms with E-state index >= 15 is 0 Å². The van der Waals surface area contributed by atoms with Gasteiger partial charge < -0.3 is 10.6 Å². The minimum Gasteiger partial charge on any atom is -0.352 e. The van der Waals surface area contributed by atoms with Gasteiger partial charge in [-0.3, -0.25) is 14.3 Å². The Morgan fingerprint density at radius 3 is 2.68 bits per heavy atom. The predicted molar refractivity (Wildman–Crippen MR) is 103 cm³/mol. The average molecular weight is 398 g/mol. The van der Waals surface area contributed by atoms with E-state index < -0.39 is 0 Å². The molecule has 1 aromatic carbocycles. The molecule has 3 atom stereocenters. The Balaban J connectivity index is 1.49. The molecule has 0 saturated carbocycles. The van der Waals surface area contributed by atoms with Gasteiger partial charge >= 0.3 is 0 Å². The first-order valence-corrected chi connectivity index (χ1v) is 10.8. The molecule has 2 N–H and O–H groups in total. The van der Waals surface area contributed by atoms with Crippen molar-refractivity contribution in [3.63, 3.8) is 0 Å². The normalized spacial score (nSPS) is 24.9. The zero-order valence-corrected chi connectivity index (χ0v) is 16.2. The summed E-state index contributed by atoms with van der Waals surface area (Å²) in [4.78, 5) is 24.6. The molecule has 0 radical (unpaired) electrons. The van der Waals surface area contributed by atoms with Crippen LogP contribution in [0.3, 0.4) is 0 Å². The highest BCUT2D eigenvalue weighted by Gasteiger charge is 2.37. The molecule has 2 saturated heterocycles. The van der Waals surface area contributed by atoms with Crippen LogP contribution in [0.2, 0.25) is 5.02 Å². The van der Waals surface area contributed by atoms with Crippen molar-refractivity contribution >= 4 is 42.7 Å². The van der Waals surface area contributed by atoms with Gasteiger partial charge in [-0.15, -0.1) is 0 Å². The van der Waals surface area contributed by atoms with Gasteiger partial charge in [-0.2, -0.15) is 0 Å². The fraction of sp³-hybridized carbons (Fsp3) is 0.529. The predicted octanol–water partition coefficient (Wildman–Crippen LogP) is 2.89. The molecular formula is C17H21ClN3O2PS. The quantitative estimate of drug-likeness (QED) is 0.724. The number of nitrogens with one attached hydrogen (secondary N) is 2. The van der Waals surface area contributed by atoms with Crippen molar-refractivity contribution in [2.24, 2.45) is 0 Å². The number of carbonyl (C=O) groups is 2. The lowest BCUT2D eigenvalue weighted by molar-refractivity contribution is -0.128. The number of halogens is 1. The molecule has 1 aromatic rings. The first kappa shape index (κ1) is 18.7. The maximum atomic E-state index is 12.5. The fourth-order valence-corrected chi connectivity index (χ4v) is 5.05. The Morgan fingerprint density at radius 1 is 1.32 bits per heavy atom. The summed E-state index contributed by atoms with van der Waals surface area (Å²) < 4.78 is 1.78. The summed E-state index contributed by atoms with van der Waals surface area (Å²) in [7, 11) is 0.568. The van der Waals surface area contributed by atoms with Crippen LogP contribution in [0.4, 0.5) is 0 Å². The second-order valence-corrected chi connectivity index (χ2v) is 8.12. The van der Waals surface area contributed by atoms with E-state index in [4.69, 9.17) is 23.4 Å². The third kappa shape index (κ3) is 4.76. The number of benzene rings is 1. The van der Waals surface area contributed by atoms with E-state index in [1.807, 2.05) is 0 Å². The van der Waals surface area contributed by atoms with E-state index in [9.17, 15) is 9.59 Å². The van der Waals surface area contributed by atoms with Gasteiger partial charge in [0.25, 0.3) is 5.91 Å². The van der Waals surface area contributed by atoms with Crippen LogP contribution in [0.5, 0.6) is 0 Å². The number of hydrogen-bond donors (Lipinski definition) is 2. The minimum atomic E-state index is -0.224. The molecule has 5 nitrogen and oxygen atoms in total. The van der Waals surface area contributed by atoms with Crippen molar-refractivity contribution in [3.05, 3.63) is 34.9 Å². The Morgan fingerprint density at radius 2 is 2.04 bits per heavy atom. The van der Waals surface area contributed by atoms with Crippen LogP contribution in [-0.4, -0.2) is 41.2 Å². The summed E-state index contributed by atoms with van der Waals surface area (Å²) in [5.41, 5.74) is 0.494. The summed E-state index contributed by atoms with van der Waals surface area (Å²) in [6.07, 6.45) is 4.58. The number of hydrogen-bond acceptors (Lipinski definition) is 4. The highest BCUT2D eigenvalue weighted by Crippen LogP contribution is 2.32. The number of piperidine rings is 1. The third-order valence-electron chi connectivity index (χ3n) is 4.85. The lowest BCUT2D eigenvalue weighted by atomic mass is 9.99. The van der Waals surface area contributed by atoms with Gasteiger partial charge in [-0.05, 0) is 55.7 Å². The maximum absolute atomic E-state index is 12.5. The van der Waals surface area contributed by atoms with Gasteiger partial charge in [0.15, 0.2) is 0 Å². The molecule has 2 fully saturated rings. The molecule has 8 heteroatoms. The molecule has 0 aromatic heterocycles. The molecule has 0 aliphatic carbocycles. The Hall–Kier alpha value is -1.07. The molecule has 3 rings (SSSR count). The second-order valence-electron chi connectivity index (χ2n) is 6.60. The largest absolute Gasteiger partial charge is 0.352 e. The van der Waals surface area contributed by atoms with Gasteiger partial charge in [0.1, 0.15) is 0 Å². The summed E-state index contributed by atoms with van der Waals surface area (Å²) in [6, 6.07) is 7.99. The second kappa shape index (κ2) is 8.54. The summed E-state index contributed by atoms with van der Waals surface area (Å²) in [5, 5.41) is 6.86. The van der Waals surface area contributed by atoms with Crippen LogP contribution in [0.15, 0.2) is 24.3 Å². The first-order chi connectivity index (χ1) is 12.1. The molecule has 0 spiro atoms. The highest BCUT2D eigenvalue weighted by atomic mass is 35.5. The molecule has 25 heavy (non-hydrogen) atoms. The minimum absolute atomic E-state index is 0.00867. The van der Waals surface area contributed by atoms with Crippen molar-refractivity contribution in [1.82, 2.24) is 15.3 Å². The third-order valence-corrected chi connectivity index (χ3v) is 6.34. The molecule has 134 valence electrons. The molecule has 2 bridgehead atoms. The zero-order chi connectivity index (χ0) is 17.8. The smallest absolute Gasteiger partial charge is 0.251 e. The van der Waals surface area contributed by atoms with Crippen LogP contribution >= 0.6 is 19.1 Å². The van der Waals surface area contributed by atoms with E-state index in [0.29, 0.717) is 36.7 Å². The molecule has 2 aliphatic rings. The van der Waals surface area contributed by atoms with E-state index in [0.717, 1.165) is 12.8 Å². The van der Waals surface area contributed by atoms with Crippen LogP contribution in [0.25, 0.3) is 0 Å². The highest BCUT2D eigenvalue weighted by molar-refractivity contribution is 7.95. The van der Waals surface area contributed by atoms with Crippen molar-refractivity contribution < 1.29 is 9.59 Å². The van der Waals surface area contributed by atoms with Gasteiger partial charge in [0.2, 0.25) is 5.91 Å². The SMILES string of the molecule is O=C(NCCC(=O)N(P=S)[C@@H]1C[C@H]2CC[C@@H](C1)N2)c1cccc(Cl)c1. The van der Waals surface area contributed by atoms with Crippen LogP contribution < -0.4 is 10.6 Å². The van der Waals surface area contributed by atoms with Crippen molar-refractivity contribution in [3.8, 4) is 0 Å². The Bertz CT molecular complexity index is 663. The van der Waals surface area contributed by atoms with Crippen molar-refractivity contribution in [1.29, 1.82) is 0 Å². The summed E-state index contributed by atoms with van der Waals surface area (Å²) in [6.45, 7) is 0.295. The molecule has 2 aliphatic heterocycles. The number of amides is 2. The lowest BCUT2D eigenvalue weighted by Crippen LogP contribution is -2.47. The monoisotopic (exact) mass is 397 g/mol. The molecule has 0 unspecified atom stereocenters. The fourth-order valence-electron chi connectivity index (χ4n) is 3.67. The average Bonchev–Trinajstić information content (AvgIpc) is 2.93. The van der Waals surface area contributed by atoms with Gasteiger partial charge in [-0.25, -0.2) is 0 Å². The summed E-state index contributed by atoms with van der Waals surface area (Å²) in [5.74, 6) is -0.216. The van der Waals surface area contributed by atoms with E-state index in [-0.39, 0.29) is 24.3 Å². The van der Waals surface area contributed by atoms with Crippen molar-refractivity contribution in [2.75, 3.05) is 6.54 Å². The van der Waals surface area contributed by atoms with Gasteiger partial charge in [0.05, 0.1) is 7.51 Å². The van der Waals surface area contributed by atoms with Gasteiger partial charge in [0, 0.05) is 41.7 Å². The Kier molecular flexibility index (Phi) is 6.39. The summed E-state index contributed by atoms with van der Waals surface area (Å²) >= 11 is 11.1. The number of fused-ring (bicyclic) bond motifs is 2. The number of rotatable bonds is 6. The number of nitrogens with zero attached hydrogens (tertiary/aromatic N) is 1. The maximum Gasteiger partial charge on any atom is 0.251 e. The van der Waals surface area contributed by atoms with Crippen LogP contribution in [0, 0.1) is 0 Å². The van der Waals surface area contributed by atoms with Crippen LogP contribution in [-0.2, 0) is 16.6 Å². The van der Waals surface area contributed by atoms with Crippen LogP contribution in [0.1, 0.15) is 42.5 Å². The van der Waals surface area contributed by atoms with E-state index in [2.05, 4.69) is 10.6 Å². The van der Waals surface area contributed by atoms with Gasteiger partial charge in [-0.1, -0.05) is 17.7 Å². The van der Waals surface area contributed by atoms with Crippen molar-refractivity contribution in [2.45, 2.75) is 50.2 Å². The first-order valence-electron chi connectivity index (χ1n) is 8.52. The number of carbonyl (C=O) groups excluding carboxylic acids is 2. The zero-order valence-electron chi connectivity index (χ0n) is 13.8.